The molecule has 1 aromatic carbocycles. The van der Waals surface area contributed by atoms with Gasteiger partial charge in [-0.1, -0.05) is 39.7 Å². The summed E-state index contributed by atoms with van der Waals surface area (Å²) in [5.41, 5.74) is 0.464. The van der Waals surface area contributed by atoms with E-state index in [9.17, 15) is 18.0 Å². The normalized spacial score (nSPS) is 21.7. The molecule has 0 saturated carbocycles. The lowest BCUT2D eigenvalue weighted by molar-refractivity contribution is -0.171. The lowest BCUT2D eigenvalue weighted by atomic mass is 9.97. The smallest absolute Gasteiger partial charge is 0.379 e. The van der Waals surface area contributed by atoms with Crippen LogP contribution in [-0.4, -0.2) is 65.9 Å². The van der Waals surface area contributed by atoms with Crippen LogP contribution in [0.4, 0.5) is 19.1 Å². The van der Waals surface area contributed by atoms with Crippen LogP contribution < -0.4 is 10.6 Å². The summed E-state index contributed by atoms with van der Waals surface area (Å²) in [5, 5.41) is 5.39. The number of alkyl halides is 3. The molecule has 1 fully saturated rings. The van der Waals surface area contributed by atoms with Crippen molar-refractivity contribution in [3.05, 3.63) is 45.1 Å². The summed E-state index contributed by atoms with van der Waals surface area (Å²) in [4.78, 5) is 18.9. The van der Waals surface area contributed by atoms with Gasteiger partial charge >= 0.3 is 6.18 Å². The van der Waals surface area contributed by atoms with Crippen LogP contribution in [0.1, 0.15) is 34.6 Å². The number of hydrogen-bond acceptors (Lipinski definition) is 5. The number of nitrogens with zero attached hydrogens (tertiary/aromatic N) is 3. The Bertz CT molecular complexity index is 963. The quantitative estimate of drug-likeness (QED) is 0.604. The van der Waals surface area contributed by atoms with Crippen LogP contribution in [0.25, 0.3) is 0 Å². The molecule has 174 valence electrons. The van der Waals surface area contributed by atoms with Crippen LogP contribution in [0, 0.1) is 0 Å². The summed E-state index contributed by atoms with van der Waals surface area (Å²) in [5.74, 6) is -0.678. The average Bonchev–Trinajstić information content (AvgIpc) is 3.10. The highest BCUT2D eigenvalue weighted by atomic mass is 79.9. The number of ether oxygens (including phenoxy) is 1. The Labute approximate surface area is 196 Å². The van der Waals surface area contributed by atoms with E-state index in [4.69, 9.17) is 16.3 Å². The fraction of sp³-hybridized carbons (Fsp3) is 0.500. The Hall–Kier alpha value is -1.82. The first-order valence-electron chi connectivity index (χ1n) is 10.2. The zero-order chi connectivity index (χ0) is 22.9. The Kier molecular flexibility index (Phi) is 6.99. The van der Waals surface area contributed by atoms with Gasteiger partial charge in [-0.25, -0.2) is 4.98 Å². The van der Waals surface area contributed by atoms with Crippen LogP contribution in [-0.2, 0) is 4.74 Å². The zero-order valence-corrected chi connectivity index (χ0v) is 19.3. The number of rotatable bonds is 5. The molecule has 2 aliphatic heterocycles. The minimum atomic E-state index is -4.56. The molecule has 12 heteroatoms. The van der Waals surface area contributed by atoms with Gasteiger partial charge in [0.2, 0.25) is 5.95 Å². The van der Waals surface area contributed by atoms with Gasteiger partial charge in [0.05, 0.1) is 19.3 Å². The molecule has 0 bridgehead atoms. The highest BCUT2D eigenvalue weighted by Crippen LogP contribution is 2.46. The number of anilines is 1. The molecule has 2 aromatic rings. The first-order valence-corrected chi connectivity index (χ1v) is 11.4. The number of aromatic nitrogens is 2. The monoisotopic (exact) mass is 535 g/mol. The molecule has 0 aliphatic carbocycles. The number of morpholine rings is 1. The van der Waals surface area contributed by atoms with Crippen molar-refractivity contribution in [2.24, 2.45) is 0 Å². The van der Waals surface area contributed by atoms with E-state index in [1.807, 2.05) is 0 Å². The van der Waals surface area contributed by atoms with E-state index in [1.165, 1.54) is 0 Å². The second-order valence-electron chi connectivity index (χ2n) is 7.70. The number of nitrogens with one attached hydrogen (secondary N) is 2. The lowest BCUT2D eigenvalue weighted by Gasteiger charge is -2.34. The second-order valence-corrected chi connectivity index (χ2v) is 8.97. The fourth-order valence-corrected chi connectivity index (χ4v) is 4.51. The minimum Gasteiger partial charge on any atom is -0.379 e. The van der Waals surface area contributed by atoms with Crippen molar-refractivity contribution in [3.63, 3.8) is 0 Å². The Balaban J connectivity index is 1.53. The van der Waals surface area contributed by atoms with Crippen LogP contribution in [0.5, 0.6) is 0 Å². The molecular weight excluding hydrogens is 515 g/mol. The van der Waals surface area contributed by atoms with Crippen LogP contribution in [0.15, 0.2) is 28.7 Å². The predicted molar refractivity (Wildman–Crippen MR) is 117 cm³/mol. The molecule has 7 nitrogen and oxygen atoms in total. The maximum absolute atomic E-state index is 13.9. The van der Waals surface area contributed by atoms with Crippen LogP contribution in [0.2, 0.25) is 5.15 Å². The topological polar surface area (TPSA) is 71.4 Å². The van der Waals surface area contributed by atoms with E-state index in [1.54, 1.807) is 24.3 Å². The second kappa shape index (κ2) is 9.58. The van der Waals surface area contributed by atoms with Crippen molar-refractivity contribution in [2.45, 2.75) is 24.7 Å². The summed E-state index contributed by atoms with van der Waals surface area (Å²) in [6.07, 6.45) is -4.83. The molecule has 1 saturated heterocycles. The molecule has 3 heterocycles. The summed E-state index contributed by atoms with van der Waals surface area (Å²) in [6.45, 7) is 3.74. The van der Waals surface area contributed by atoms with Gasteiger partial charge in [0.1, 0.15) is 11.2 Å². The molecular formula is C20H22BrClF3N5O2. The minimum absolute atomic E-state index is 0.0742. The number of imidazole rings is 1. The lowest BCUT2D eigenvalue weighted by Crippen LogP contribution is -2.41. The van der Waals surface area contributed by atoms with Gasteiger partial charge in [0, 0.05) is 37.1 Å². The van der Waals surface area contributed by atoms with Gasteiger partial charge in [-0.05, 0) is 17.7 Å². The van der Waals surface area contributed by atoms with E-state index < -0.39 is 24.2 Å². The van der Waals surface area contributed by atoms with Gasteiger partial charge in [-0.2, -0.15) is 13.2 Å². The Morgan fingerprint density at radius 2 is 1.97 bits per heavy atom. The van der Waals surface area contributed by atoms with Gasteiger partial charge in [-0.15, -0.1) is 0 Å². The first-order chi connectivity index (χ1) is 15.2. The number of amides is 1. The third-order valence-electron chi connectivity index (χ3n) is 5.61. The molecule has 0 radical (unpaired) electrons. The first kappa shape index (κ1) is 23.3. The standard InChI is InChI=1S/C20H22BrClF3N5O2/c21-13-3-1-12(2-4-13)14-11-15(20(23,24)25)30-17(22)16(28-19(30)27-14)18(31)26-5-6-29-7-9-32-10-8-29/h1-4,14-15H,5-11H2,(H,26,31)(H,27,28). The predicted octanol–water partition coefficient (Wildman–Crippen LogP) is 4.02. The van der Waals surface area contributed by atoms with E-state index >= 15 is 0 Å². The van der Waals surface area contributed by atoms with Crippen molar-refractivity contribution < 1.29 is 22.7 Å². The van der Waals surface area contributed by atoms with E-state index in [0.717, 1.165) is 22.1 Å². The highest BCUT2D eigenvalue weighted by Gasteiger charge is 2.47. The van der Waals surface area contributed by atoms with Crippen molar-refractivity contribution in [2.75, 3.05) is 44.7 Å². The number of fused-ring (bicyclic) bond motifs is 1. The number of benzene rings is 1. The molecule has 2 unspecified atom stereocenters. The number of halogens is 5. The van der Waals surface area contributed by atoms with Crippen molar-refractivity contribution >= 4 is 39.4 Å². The van der Waals surface area contributed by atoms with Crippen molar-refractivity contribution in [1.82, 2.24) is 19.8 Å². The van der Waals surface area contributed by atoms with E-state index in [-0.39, 0.29) is 23.2 Å². The summed E-state index contributed by atoms with van der Waals surface area (Å²) < 4.78 is 48.7. The fourth-order valence-electron chi connectivity index (χ4n) is 3.92. The maximum Gasteiger partial charge on any atom is 0.409 e. The zero-order valence-electron chi connectivity index (χ0n) is 17.0. The number of carbonyl (C=O) groups is 1. The average molecular weight is 537 g/mol. The molecule has 1 amide bonds. The molecule has 2 N–H and O–H groups in total. The van der Waals surface area contributed by atoms with Gasteiger partial charge in [0.25, 0.3) is 5.91 Å². The molecule has 1 aromatic heterocycles. The highest BCUT2D eigenvalue weighted by molar-refractivity contribution is 9.10. The molecule has 32 heavy (non-hydrogen) atoms. The van der Waals surface area contributed by atoms with Gasteiger partial charge in [-0.3, -0.25) is 14.3 Å². The largest absolute Gasteiger partial charge is 0.409 e. The molecule has 0 spiro atoms. The molecule has 4 rings (SSSR count). The summed E-state index contributed by atoms with van der Waals surface area (Å²) in [6, 6.07) is 4.49. The number of carbonyl (C=O) groups excluding carboxylic acids is 1. The Morgan fingerprint density at radius 3 is 2.62 bits per heavy atom. The van der Waals surface area contributed by atoms with E-state index in [0.29, 0.717) is 31.9 Å². The summed E-state index contributed by atoms with van der Waals surface area (Å²) >= 11 is 9.57. The number of hydrogen-bond donors (Lipinski definition) is 2. The van der Waals surface area contributed by atoms with Crippen molar-refractivity contribution in [1.29, 1.82) is 0 Å². The Morgan fingerprint density at radius 1 is 1.28 bits per heavy atom. The third-order valence-corrected chi connectivity index (χ3v) is 6.50. The molecule has 2 atom stereocenters. The van der Waals surface area contributed by atoms with Crippen LogP contribution >= 0.6 is 27.5 Å². The van der Waals surface area contributed by atoms with E-state index in [2.05, 4.69) is 36.4 Å². The maximum atomic E-state index is 13.9. The van der Waals surface area contributed by atoms with Crippen molar-refractivity contribution in [3.8, 4) is 0 Å². The summed E-state index contributed by atoms with van der Waals surface area (Å²) in [7, 11) is 0. The SMILES string of the molecule is O=C(NCCN1CCOCC1)c1nc2n(c1Cl)C(C(F)(F)F)CC(c1ccc(Br)cc1)N2. The van der Waals surface area contributed by atoms with Gasteiger partial charge < -0.3 is 15.4 Å². The third kappa shape index (κ3) is 5.05. The van der Waals surface area contributed by atoms with Gasteiger partial charge in [0.15, 0.2) is 5.69 Å². The van der Waals surface area contributed by atoms with Crippen LogP contribution in [0.3, 0.4) is 0 Å². The molecule has 2 aliphatic rings.